The maximum absolute atomic E-state index is 12.4. The zero-order valence-corrected chi connectivity index (χ0v) is 17.4. The zero-order valence-electron chi connectivity index (χ0n) is 16.7. The van der Waals surface area contributed by atoms with Gasteiger partial charge >= 0.3 is 5.97 Å². The summed E-state index contributed by atoms with van der Waals surface area (Å²) < 4.78 is 11.0. The highest BCUT2D eigenvalue weighted by Gasteiger charge is 2.17. The molecule has 0 radical (unpaired) electrons. The predicted octanol–water partition coefficient (Wildman–Crippen LogP) is 4.30. The van der Waals surface area contributed by atoms with Crippen molar-refractivity contribution >= 4 is 34.1 Å². The molecule has 0 amide bonds. The minimum absolute atomic E-state index is 0.00128. The minimum Gasteiger partial charge on any atom is -0.493 e. The molecule has 0 fully saturated rings. The molecular formula is C22H26ClN3O3. The summed E-state index contributed by atoms with van der Waals surface area (Å²) in [4.78, 5) is 12.4. The Hall–Kier alpha value is -2.99. The van der Waals surface area contributed by atoms with Gasteiger partial charge in [-0.15, -0.1) is 0 Å². The maximum atomic E-state index is 12.4. The van der Waals surface area contributed by atoms with E-state index in [-0.39, 0.29) is 19.0 Å². The van der Waals surface area contributed by atoms with E-state index >= 15 is 0 Å². The molecule has 0 spiro atoms. The number of hydrogen-bond acceptors (Lipinski definition) is 5. The molecule has 0 aliphatic rings. The van der Waals surface area contributed by atoms with Gasteiger partial charge in [0.2, 0.25) is 0 Å². The summed E-state index contributed by atoms with van der Waals surface area (Å²) in [7, 11) is 0. The highest BCUT2D eigenvalue weighted by molar-refractivity contribution is 6.48. The number of aryl methyl sites for hydroxylation is 1. The summed E-state index contributed by atoms with van der Waals surface area (Å²) in [5.74, 6) is 0.175. The quantitative estimate of drug-likeness (QED) is 0.232. The van der Waals surface area contributed by atoms with E-state index in [1.807, 2.05) is 26.0 Å². The first-order valence-corrected chi connectivity index (χ1v) is 9.70. The Morgan fingerprint density at radius 2 is 1.93 bits per heavy atom. The standard InChI is InChI=1S/C22H26ClN3O3/c1-4-15-10-17(21(28-5-2)19(11-15)14(3)23)12-20(27)29-13-26-18-8-6-16(7-9-18)22(24)25/h6-11,26H,3-5,12-13H2,1-2H3,(H3,24,25). The Balaban J connectivity index is 2.04. The Labute approximate surface area is 176 Å². The Bertz CT molecular complexity index is 895. The zero-order chi connectivity index (χ0) is 21.4. The summed E-state index contributed by atoms with van der Waals surface area (Å²) >= 11 is 6.14. The second-order valence-corrected chi connectivity index (χ2v) is 6.78. The summed E-state index contributed by atoms with van der Waals surface area (Å²) in [5, 5.41) is 10.8. The molecule has 2 aromatic rings. The van der Waals surface area contributed by atoms with E-state index in [1.54, 1.807) is 24.3 Å². The second-order valence-electron chi connectivity index (χ2n) is 6.33. The van der Waals surface area contributed by atoms with Gasteiger partial charge in [-0.2, -0.15) is 0 Å². The highest BCUT2D eigenvalue weighted by Crippen LogP contribution is 2.33. The van der Waals surface area contributed by atoms with Gasteiger partial charge in [0.15, 0.2) is 6.73 Å². The number of amidine groups is 1. The number of halogens is 1. The Kier molecular flexibility index (Phi) is 8.09. The van der Waals surface area contributed by atoms with E-state index in [9.17, 15) is 4.79 Å². The maximum Gasteiger partial charge on any atom is 0.312 e. The van der Waals surface area contributed by atoms with E-state index in [4.69, 9.17) is 32.2 Å². The topological polar surface area (TPSA) is 97.4 Å². The number of ether oxygens (including phenoxy) is 2. The molecule has 0 aliphatic carbocycles. The molecule has 0 bridgehead atoms. The van der Waals surface area contributed by atoms with E-state index in [0.29, 0.717) is 28.5 Å². The number of benzene rings is 2. The molecule has 0 aromatic heterocycles. The number of rotatable bonds is 10. The molecule has 0 saturated heterocycles. The van der Waals surface area contributed by atoms with Crippen LogP contribution in [0.2, 0.25) is 0 Å². The summed E-state index contributed by atoms with van der Waals surface area (Å²) in [5.41, 5.74) is 9.27. The molecule has 0 unspecified atom stereocenters. The molecule has 7 heteroatoms. The van der Waals surface area contributed by atoms with Crippen LogP contribution in [-0.2, 0) is 22.4 Å². The van der Waals surface area contributed by atoms with E-state index in [1.165, 1.54) is 0 Å². The highest BCUT2D eigenvalue weighted by atomic mass is 35.5. The smallest absolute Gasteiger partial charge is 0.312 e. The number of anilines is 1. The lowest BCUT2D eigenvalue weighted by atomic mass is 10.00. The van der Waals surface area contributed by atoms with Crippen LogP contribution < -0.4 is 15.8 Å². The Morgan fingerprint density at radius 1 is 1.24 bits per heavy atom. The van der Waals surface area contributed by atoms with E-state index in [2.05, 4.69) is 11.9 Å². The van der Waals surface area contributed by atoms with Crippen molar-refractivity contribution in [2.45, 2.75) is 26.7 Å². The number of nitrogens with two attached hydrogens (primary N) is 1. The Morgan fingerprint density at radius 3 is 2.48 bits per heavy atom. The SMILES string of the molecule is C=C(Cl)c1cc(CC)cc(CC(=O)OCNc2ccc(C(=N)N)cc2)c1OCC. The van der Waals surface area contributed by atoms with Crippen LogP contribution in [0.5, 0.6) is 5.75 Å². The molecule has 29 heavy (non-hydrogen) atoms. The number of carbonyl (C=O) groups is 1. The number of esters is 1. The fourth-order valence-corrected chi connectivity index (χ4v) is 2.92. The summed E-state index contributed by atoms with van der Waals surface area (Å²) in [6, 6.07) is 10.8. The van der Waals surface area contributed by atoms with Crippen LogP contribution in [0.3, 0.4) is 0 Å². The largest absolute Gasteiger partial charge is 0.493 e. The molecule has 154 valence electrons. The second kappa shape index (κ2) is 10.5. The summed E-state index contributed by atoms with van der Waals surface area (Å²) in [6.45, 7) is 8.17. The normalized spacial score (nSPS) is 10.3. The van der Waals surface area contributed by atoms with Crippen LogP contribution in [-0.4, -0.2) is 25.1 Å². The lowest BCUT2D eigenvalue weighted by Gasteiger charge is -2.16. The molecule has 6 nitrogen and oxygen atoms in total. The fraction of sp³-hybridized carbons (Fsp3) is 0.273. The average molecular weight is 416 g/mol. The number of carbonyl (C=O) groups excluding carboxylic acids is 1. The third-order valence-electron chi connectivity index (χ3n) is 4.25. The van der Waals surface area contributed by atoms with Gasteiger partial charge in [-0.3, -0.25) is 10.2 Å². The van der Waals surface area contributed by atoms with Crippen molar-refractivity contribution in [2.24, 2.45) is 5.73 Å². The van der Waals surface area contributed by atoms with Gasteiger partial charge in [-0.05, 0) is 49.2 Å². The number of hydrogen-bond donors (Lipinski definition) is 3. The molecule has 0 heterocycles. The monoisotopic (exact) mass is 415 g/mol. The van der Waals surface area contributed by atoms with Crippen molar-refractivity contribution in [1.82, 2.24) is 0 Å². The van der Waals surface area contributed by atoms with Crippen LogP contribution in [0, 0.1) is 5.41 Å². The third kappa shape index (κ3) is 6.26. The van der Waals surface area contributed by atoms with Crippen LogP contribution >= 0.6 is 11.6 Å². The fourth-order valence-electron chi connectivity index (χ4n) is 2.78. The number of nitrogen functional groups attached to an aromatic ring is 1. The van der Waals surface area contributed by atoms with Crippen molar-refractivity contribution in [3.05, 3.63) is 65.2 Å². The minimum atomic E-state index is -0.391. The van der Waals surface area contributed by atoms with Gasteiger partial charge in [0.1, 0.15) is 11.6 Å². The molecule has 0 saturated carbocycles. The van der Waals surface area contributed by atoms with Gasteiger partial charge in [0, 0.05) is 27.4 Å². The first-order valence-electron chi connectivity index (χ1n) is 9.33. The molecule has 2 aromatic carbocycles. The van der Waals surface area contributed by atoms with Crippen LogP contribution in [0.4, 0.5) is 5.69 Å². The van der Waals surface area contributed by atoms with Gasteiger partial charge in [-0.25, -0.2) is 0 Å². The first-order chi connectivity index (χ1) is 13.8. The van der Waals surface area contributed by atoms with Crippen molar-refractivity contribution in [1.29, 1.82) is 5.41 Å². The van der Waals surface area contributed by atoms with Crippen molar-refractivity contribution in [3.63, 3.8) is 0 Å². The van der Waals surface area contributed by atoms with Gasteiger partial charge < -0.3 is 20.5 Å². The van der Waals surface area contributed by atoms with Crippen molar-refractivity contribution < 1.29 is 14.3 Å². The third-order valence-corrected chi connectivity index (χ3v) is 4.46. The molecule has 0 atom stereocenters. The van der Waals surface area contributed by atoms with Gasteiger partial charge in [-0.1, -0.05) is 31.2 Å². The molecule has 2 rings (SSSR count). The van der Waals surface area contributed by atoms with Crippen LogP contribution in [0.1, 0.15) is 36.1 Å². The van der Waals surface area contributed by atoms with Gasteiger partial charge in [0.05, 0.1) is 13.0 Å². The van der Waals surface area contributed by atoms with Crippen molar-refractivity contribution in [3.8, 4) is 5.75 Å². The number of nitrogens with one attached hydrogen (secondary N) is 2. The molecule has 4 N–H and O–H groups in total. The molecular weight excluding hydrogens is 390 g/mol. The van der Waals surface area contributed by atoms with Crippen LogP contribution in [0.25, 0.3) is 5.03 Å². The average Bonchev–Trinajstić information content (AvgIpc) is 2.69. The first kappa shape index (κ1) is 22.3. The van der Waals surface area contributed by atoms with E-state index in [0.717, 1.165) is 23.2 Å². The molecule has 0 aliphatic heterocycles. The predicted molar refractivity (Wildman–Crippen MR) is 118 cm³/mol. The lowest BCUT2D eigenvalue weighted by Crippen LogP contribution is -2.15. The van der Waals surface area contributed by atoms with Crippen LogP contribution in [0.15, 0.2) is 43.0 Å². The van der Waals surface area contributed by atoms with E-state index < -0.39 is 5.97 Å². The van der Waals surface area contributed by atoms with Gasteiger partial charge in [0.25, 0.3) is 0 Å². The van der Waals surface area contributed by atoms with Crippen molar-refractivity contribution in [2.75, 3.05) is 18.7 Å². The lowest BCUT2D eigenvalue weighted by molar-refractivity contribution is -0.142. The summed E-state index contributed by atoms with van der Waals surface area (Å²) in [6.07, 6.45) is 0.856.